The largest absolute Gasteiger partial charge is 0.332 e. The van der Waals surface area contributed by atoms with Crippen molar-refractivity contribution >= 4 is 16.7 Å². The second kappa shape index (κ2) is 7.31. The second-order valence-electron chi connectivity index (χ2n) is 6.95. The van der Waals surface area contributed by atoms with Gasteiger partial charge in [-0.1, -0.05) is 24.3 Å². The normalized spacial score (nSPS) is 17.2. The maximum absolute atomic E-state index is 13.0. The molecule has 1 fully saturated rings. The standard InChI is InChI=1S/C21H22N4O2/c1-15-16-8-2-3-9-17(16)21(27)25(23-15)14-20(26)24-13-7-5-11-19(24)18-10-4-6-12-22-18/h2-4,6,8-10,12,19H,5,7,11,13-14H2,1H3/t19-/m0/s1. The molecule has 27 heavy (non-hydrogen) atoms. The number of amides is 1. The van der Waals surface area contributed by atoms with Crippen LogP contribution < -0.4 is 5.56 Å². The van der Waals surface area contributed by atoms with Gasteiger partial charge in [-0.3, -0.25) is 14.6 Å². The first-order chi connectivity index (χ1) is 13.1. The molecule has 0 spiro atoms. The lowest BCUT2D eigenvalue weighted by Crippen LogP contribution is -2.42. The van der Waals surface area contributed by atoms with Crippen molar-refractivity contribution in [3.8, 4) is 0 Å². The van der Waals surface area contributed by atoms with Crippen LogP contribution in [0.25, 0.3) is 10.8 Å². The molecule has 3 heterocycles. The Kier molecular flexibility index (Phi) is 4.71. The Morgan fingerprint density at radius 1 is 1.11 bits per heavy atom. The SMILES string of the molecule is Cc1nn(CC(=O)N2CCCC[C@H]2c2ccccn2)c(=O)c2ccccc12. The number of benzene rings is 1. The Labute approximate surface area is 157 Å². The van der Waals surface area contributed by atoms with Gasteiger partial charge in [0.25, 0.3) is 5.56 Å². The molecule has 4 rings (SSSR count). The molecule has 0 bridgehead atoms. The Bertz CT molecular complexity index is 1030. The molecule has 1 atom stereocenters. The molecule has 0 aliphatic carbocycles. The zero-order valence-electron chi connectivity index (χ0n) is 15.3. The minimum atomic E-state index is -0.226. The maximum atomic E-state index is 13.0. The van der Waals surface area contributed by atoms with Gasteiger partial charge in [0.2, 0.25) is 5.91 Å². The van der Waals surface area contributed by atoms with Gasteiger partial charge in [-0.05, 0) is 44.4 Å². The fourth-order valence-electron chi connectivity index (χ4n) is 3.84. The van der Waals surface area contributed by atoms with Gasteiger partial charge in [-0.2, -0.15) is 5.10 Å². The van der Waals surface area contributed by atoms with E-state index in [1.165, 1.54) is 4.68 Å². The highest BCUT2D eigenvalue weighted by Gasteiger charge is 2.29. The van der Waals surface area contributed by atoms with Crippen LogP contribution in [0.4, 0.5) is 0 Å². The summed E-state index contributed by atoms with van der Waals surface area (Å²) in [4.78, 5) is 32.1. The van der Waals surface area contributed by atoms with Gasteiger partial charge in [0.15, 0.2) is 0 Å². The minimum absolute atomic E-state index is 0.0373. The molecular formula is C21H22N4O2. The first-order valence-electron chi connectivity index (χ1n) is 9.32. The molecule has 0 N–H and O–H groups in total. The predicted octanol–water partition coefficient (Wildman–Crippen LogP) is 2.85. The molecule has 0 saturated carbocycles. The monoisotopic (exact) mass is 362 g/mol. The number of piperidine rings is 1. The first kappa shape index (κ1) is 17.4. The molecule has 1 amide bonds. The van der Waals surface area contributed by atoms with Crippen LogP contribution in [0.15, 0.2) is 53.5 Å². The van der Waals surface area contributed by atoms with Crippen molar-refractivity contribution in [1.82, 2.24) is 19.7 Å². The third-order valence-corrected chi connectivity index (χ3v) is 5.19. The zero-order valence-corrected chi connectivity index (χ0v) is 15.3. The molecule has 3 aromatic rings. The lowest BCUT2D eigenvalue weighted by Gasteiger charge is -2.35. The molecule has 1 saturated heterocycles. The van der Waals surface area contributed by atoms with Gasteiger partial charge in [0.1, 0.15) is 6.54 Å². The molecular weight excluding hydrogens is 340 g/mol. The maximum Gasteiger partial charge on any atom is 0.275 e. The summed E-state index contributed by atoms with van der Waals surface area (Å²) in [5, 5.41) is 5.80. The Balaban J connectivity index is 1.64. The van der Waals surface area contributed by atoms with E-state index in [1.54, 1.807) is 12.3 Å². The lowest BCUT2D eigenvalue weighted by molar-refractivity contribution is -0.136. The zero-order chi connectivity index (χ0) is 18.8. The summed E-state index contributed by atoms with van der Waals surface area (Å²) in [5.41, 5.74) is 1.43. The highest BCUT2D eigenvalue weighted by Crippen LogP contribution is 2.29. The van der Waals surface area contributed by atoms with Crippen molar-refractivity contribution in [2.45, 2.75) is 38.8 Å². The van der Waals surface area contributed by atoms with Crippen molar-refractivity contribution in [1.29, 1.82) is 0 Å². The van der Waals surface area contributed by atoms with Crippen LogP contribution >= 0.6 is 0 Å². The molecule has 2 aromatic heterocycles. The fourth-order valence-corrected chi connectivity index (χ4v) is 3.84. The van der Waals surface area contributed by atoms with Crippen LogP contribution in [0, 0.1) is 6.92 Å². The molecule has 6 nitrogen and oxygen atoms in total. The predicted molar refractivity (Wildman–Crippen MR) is 103 cm³/mol. The molecule has 6 heteroatoms. The van der Waals surface area contributed by atoms with Gasteiger partial charge in [-0.15, -0.1) is 0 Å². The summed E-state index contributed by atoms with van der Waals surface area (Å²) >= 11 is 0. The Morgan fingerprint density at radius 2 is 1.89 bits per heavy atom. The van der Waals surface area contributed by atoms with Crippen molar-refractivity contribution in [3.05, 3.63) is 70.4 Å². The highest BCUT2D eigenvalue weighted by atomic mass is 16.2. The summed E-state index contributed by atoms with van der Waals surface area (Å²) in [6.07, 6.45) is 4.68. The third kappa shape index (κ3) is 3.35. The van der Waals surface area contributed by atoms with E-state index >= 15 is 0 Å². The Morgan fingerprint density at radius 3 is 2.67 bits per heavy atom. The van der Waals surface area contributed by atoms with Gasteiger partial charge < -0.3 is 4.90 Å². The number of hydrogen-bond acceptors (Lipinski definition) is 4. The van der Waals surface area contributed by atoms with Crippen molar-refractivity contribution in [2.75, 3.05) is 6.54 Å². The fraction of sp³-hybridized carbons (Fsp3) is 0.333. The van der Waals surface area contributed by atoms with Gasteiger partial charge in [0.05, 0.1) is 22.8 Å². The molecule has 0 radical (unpaired) electrons. The summed E-state index contributed by atoms with van der Waals surface area (Å²) in [6.45, 7) is 2.50. The number of rotatable bonds is 3. The van der Waals surface area contributed by atoms with E-state index in [9.17, 15) is 9.59 Å². The van der Waals surface area contributed by atoms with Crippen LogP contribution in [-0.2, 0) is 11.3 Å². The van der Waals surface area contributed by atoms with Gasteiger partial charge in [-0.25, -0.2) is 4.68 Å². The van der Waals surface area contributed by atoms with E-state index in [-0.39, 0.29) is 24.1 Å². The molecule has 1 aromatic carbocycles. The summed E-state index contributed by atoms with van der Waals surface area (Å²) in [6, 6.07) is 13.1. The topological polar surface area (TPSA) is 68.1 Å². The quantitative estimate of drug-likeness (QED) is 0.718. The van der Waals surface area contributed by atoms with E-state index in [1.807, 2.05) is 48.2 Å². The van der Waals surface area contributed by atoms with Crippen LogP contribution in [0.2, 0.25) is 0 Å². The van der Waals surface area contributed by atoms with Crippen LogP contribution in [0.1, 0.15) is 36.7 Å². The second-order valence-corrected chi connectivity index (χ2v) is 6.95. The number of nitrogens with zero attached hydrogens (tertiary/aromatic N) is 4. The van der Waals surface area contributed by atoms with E-state index in [2.05, 4.69) is 10.1 Å². The van der Waals surface area contributed by atoms with E-state index in [0.717, 1.165) is 36.0 Å². The van der Waals surface area contributed by atoms with Crippen molar-refractivity contribution < 1.29 is 4.79 Å². The first-order valence-corrected chi connectivity index (χ1v) is 9.32. The molecule has 1 aliphatic rings. The van der Waals surface area contributed by atoms with Gasteiger partial charge >= 0.3 is 0 Å². The number of pyridine rings is 1. The number of aromatic nitrogens is 3. The third-order valence-electron chi connectivity index (χ3n) is 5.19. The average molecular weight is 362 g/mol. The Hall–Kier alpha value is -3.02. The summed E-state index contributed by atoms with van der Waals surface area (Å²) in [7, 11) is 0. The number of carbonyl (C=O) groups excluding carboxylic acids is 1. The van der Waals surface area contributed by atoms with Crippen LogP contribution in [0.3, 0.4) is 0 Å². The minimum Gasteiger partial charge on any atom is -0.332 e. The summed E-state index contributed by atoms with van der Waals surface area (Å²) in [5.74, 6) is -0.0883. The van der Waals surface area contributed by atoms with E-state index < -0.39 is 0 Å². The number of aryl methyl sites for hydroxylation is 1. The number of fused-ring (bicyclic) bond motifs is 1. The number of carbonyl (C=O) groups is 1. The average Bonchev–Trinajstić information content (AvgIpc) is 2.72. The smallest absolute Gasteiger partial charge is 0.275 e. The van der Waals surface area contributed by atoms with E-state index in [4.69, 9.17) is 0 Å². The molecule has 138 valence electrons. The summed E-state index contributed by atoms with van der Waals surface area (Å²) < 4.78 is 1.30. The van der Waals surface area contributed by atoms with Crippen LogP contribution in [-0.4, -0.2) is 32.1 Å². The number of likely N-dealkylation sites (tertiary alicyclic amines) is 1. The molecule has 1 aliphatic heterocycles. The van der Waals surface area contributed by atoms with Crippen molar-refractivity contribution in [3.63, 3.8) is 0 Å². The van der Waals surface area contributed by atoms with Crippen LogP contribution in [0.5, 0.6) is 0 Å². The van der Waals surface area contributed by atoms with Crippen molar-refractivity contribution in [2.24, 2.45) is 0 Å². The highest BCUT2D eigenvalue weighted by molar-refractivity contribution is 5.83. The number of hydrogen-bond donors (Lipinski definition) is 0. The van der Waals surface area contributed by atoms with E-state index in [0.29, 0.717) is 11.9 Å². The molecule has 0 unspecified atom stereocenters. The lowest BCUT2D eigenvalue weighted by atomic mass is 9.98. The van der Waals surface area contributed by atoms with Gasteiger partial charge in [0, 0.05) is 18.1 Å².